The number of carboxylic acids is 1. The van der Waals surface area contributed by atoms with Crippen LogP contribution in [0.4, 0.5) is 0 Å². The van der Waals surface area contributed by atoms with Crippen LogP contribution in [0.25, 0.3) is 0 Å². The lowest BCUT2D eigenvalue weighted by Gasteiger charge is -2.37. The predicted molar refractivity (Wildman–Crippen MR) is 106 cm³/mol. The van der Waals surface area contributed by atoms with Crippen molar-refractivity contribution in [2.45, 2.75) is 12.5 Å². The number of phenolic OH excluding ortho intramolecular Hbond substituents is 1. The molecule has 160 valence electrons. The molecule has 0 saturated heterocycles. The van der Waals surface area contributed by atoms with Crippen LogP contribution in [0.2, 0.25) is 0 Å². The van der Waals surface area contributed by atoms with Crippen molar-refractivity contribution in [1.82, 2.24) is 0 Å². The van der Waals surface area contributed by atoms with Crippen LogP contribution in [0.1, 0.15) is 44.3 Å². The number of carboxylic acid groups (broad SMARTS) is 1. The van der Waals surface area contributed by atoms with Gasteiger partial charge < -0.3 is 29.5 Å². The maximum Gasteiger partial charge on any atom is 0.343 e. The summed E-state index contributed by atoms with van der Waals surface area (Å²) in [6.07, 6.45) is 0. The molecule has 0 bridgehead atoms. The van der Waals surface area contributed by atoms with Crippen molar-refractivity contribution in [2.75, 3.05) is 0 Å². The van der Waals surface area contributed by atoms with Gasteiger partial charge in [-0.1, -0.05) is 18.2 Å². The Bertz CT molecular complexity index is 1360. The summed E-state index contributed by atoms with van der Waals surface area (Å²) in [5.74, 6) is -4.27. The quantitative estimate of drug-likeness (QED) is 0.409. The van der Waals surface area contributed by atoms with Crippen LogP contribution in [0, 0.1) is 0 Å². The number of fused-ring (bicyclic) bond motifs is 6. The van der Waals surface area contributed by atoms with E-state index in [1.54, 1.807) is 24.3 Å². The van der Waals surface area contributed by atoms with Gasteiger partial charge in [0.05, 0.1) is 11.1 Å². The average molecular weight is 434 g/mol. The van der Waals surface area contributed by atoms with Crippen molar-refractivity contribution in [3.8, 4) is 28.7 Å². The Morgan fingerprint density at radius 3 is 2.50 bits per heavy atom. The van der Waals surface area contributed by atoms with Gasteiger partial charge in [-0.05, 0) is 18.2 Å². The van der Waals surface area contributed by atoms with Crippen molar-refractivity contribution in [1.29, 1.82) is 0 Å². The summed E-state index contributed by atoms with van der Waals surface area (Å²) in [4.78, 5) is 36.6. The summed E-state index contributed by atoms with van der Waals surface area (Å²) in [6.45, 7) is 1.16. The minimum atomic E-state index is -1.76. The number of ether oxygens (including phenoxy) is 3. The summed E-state index contributed by atoms with van der Waals surface area (Å²) in [6, 6.07) is 11.4. The number of rotatable bonds is 2. The molecule has 32 heavy (non-hydrogen) atoms. The predicted octanol–water partition coefficient (Wildman–Crippen LogP) is 3.29. The van der Waals surface area contributed by atoms with Gasteiger partial charge in [0.15, 0.2) is 11.4 Å². The van der Waals surface area contributed by atoms with E-state index in [0.717, 1.165) is 13.0 Å². The lowest BCUT2D eigenvalue weighted by Crippen LogP contribution is -2.34. The van der Waals surface area contributed by atoms with E-state index in [1.165, 1.54) is 18.2 Å². The molecule has 2 aliphatic rings. The minimum Gasteiger partial charge on any atom is -0.508 e. The fourth-order valence-corrected chi connectivity index (χ4v) is 4.25. The highest BCUT2D eigenvalue weighted by molar-refractivity contribution is 5.99. The van der Waals surface area contributed by atoms with Crippen LogP contribution < -0.4 is 9.47 Å². The average Bonchev–Trinajstić information content (AvgIpc) is 3.00. The number of phenols is 2. The van der Waals surface area contributed by atoms with Crippen molar-refractivity contribution in [2.24, 2.45) is 0 Å². The molecule has 0 fully saturated rings. The number of aromatic carboxylic acids is 1. The summed E-state index contributed by atoms with van der Waals surface area (Å²) < 4.78 is 17.0. The smallest absolute Gasteiger partial charge is 0.343 e. The monoisotopic (exact) mass is 434 g/mol. The van der Waals surface area contributed by atoms with E-state index in [4.69, 9.17) is 14.2 Å². The van der Waals surface area contributed by atoms with Crippen LogP contribution >= 0.6 is 0 Å². The molecule has 1 unspecified atom stereocenters. The molecular weight excluding hydrogens is 420 g/mol. The number of esters is 2. The first-order valence-electron chi connectivity index (χ1n) is 9.40. The second kappa shape index (κ2) is 6.48. The zero-order chi connectivity index (χ0) is 22.8. The standard InChI is InChI=1S/C23H14O9/c1-10(24)30-16-8-11(25)9-17-19(16)23(13-5-3-2-4-12(13)22(29)32-23)14-6-7-15(26)18(21(27)28)20(14)31-17/h2-9,25-26H,1H3,(H,27,28). The third-order valence-corrected chi connectivity index (χ3v) is 5.37. The van der Waals surface area contributed by atoms with E-state index >= 15 is 0 Å². The second-order valence-corrected chi connectivity index (χ2v) is 7.27. The highest BCUT2D eigenvalue weighted by Crippen LogP contribution is 2.60. The van der Waals surface area contributed by atoms with Gasteiger partial charge in [0.1, 0.15) is 28.6 Å². The van der Waals surface area contributed by atoms with Gasteiger partial charge in [0.25, 0.3) is 0 Å². The van der Waals surface area contributed by atoms with Crippen LogP contribution in [-0.4, -0.2) is 33.2 Å². The molecule has 5 rings (SSSR count). The van der Waals surface area contributed by atoms with Crippen molar-refractivity contribution >= 4 is 17.9 Å². The van der Waals surface area contributed by atoms with Gasteiger partial charge in [-0.15, -0.1) is 0 Å². The first-order valence-corrected chi connectivity index (χ1v) is 9.40. The molecular formula is C23H14O9. The zero-order valence-corrected chi connectivity index (χ0v) is 16.4. The van der Waals surface area contributed by atoms with Crippen LogP contribution in [-0.2, 0) is 15.1 Å². The van der Waals surface area contributed by atoms with Gasteiger partial charge in [-0.25, -0.2) is 9.59 Å². The van der Waals surface area contributed by atoms with Gasteiger partial charge >= 0.3 is 17.9 Å². The molecule has 3 N–H and O–H groups in total. The maximum atomic E-state index is 12.9. The highest BCUT2D eigenvalue weighted by atomic mass is 16.6. The Hall–Kier alpha value is -4.53. The van der Waals surface area contributed by atoms with Crippen molar-refractivity contribution in [3.05, 3.63) is 76.3 Å². The van der Waals surface area contributed by atoms with Gasteiger partial charge in [0.2, 0.25) is 0 Å². The number of carbonyl (C=O) groups is 3. The molecule has 0 saturated carbocycles. The Kier molecular flexibility index (Phi) is 3.94. The van der Waals surface area contributed by atoms with E-state index in [-0.39, 0.29) is 39.7 Å². The largest absolute Gasteiger partial charge is 0.508 e. The van der Waals surface area contributed by atoms with E-state index in [9.17, 15) is 29.7 Å². The van der Waals surface area contributed by atoms with Crippen LogP contribution in [0.3, 0.4) is 0 Å². The number of benzene rings is 3. The zero-order valence-electron chi connectivity index (χ0n) is 16.4. The normalized spacial score (nSPS) is 17.6. The fraction of sp³-hybridized carbons (Fsp3) is 0.0870. The van der Waals surface area contributed by atoms with E-state index in [1.807, 2.05) is 0 Å². The number of aromatic hydroxyl groups is 2. The molecule has 9 heteroatoms. The first kappa shape index (κ1) is 19.4. The SMILES string of the molecule is CC(=O)Oc1cc(O)cc2c1C1(OC(=O)c3ccccc31)c1ccc(O)c(C(=O)O)c1O2. The molecule has 1 atom stereocenters. The Morgan fingerprint density at radius 1 is 1.03 bits per heavy atom. The molecule has 3 aromatic carbocycles. The highest BCUT2D eigenvalue weighted by Gasteiger charge is 2.56. The fourth-order valence-electron chi connectivity index (χ4n) is 4.25. The second-order valence-electron chi connectivity index (χ2n) is 7.27. The Balaban J connectivity index is 1.96. The number of hydrogen-bond donors (Lipinski definition) is 3. The first-order chi connectivity index (χ1) is 15.2. The van der Waals surface area contributed by atoms with Crippen molar-refractivity contribution in [3.63, 3.8) is 0 Å². The lowest BCUT2D eigenvalue weighted by molar-refractivity contribution is -0.132. The Labute approximate surface area is 180 Å². The van der Waals surface area contributed by atoms with Gasteiger partial charge in [-0.3, -0.25) is 4.79 Å². The molecule has 0 radical (unpaired) electrons. The number of carbonyl (C=O) groups excluding carboxylic acids is 2. The van der Waals surface area contributed by atoms with Gasteiger partial charge in [0, 0.05) is 30.2 Å². The third-order valence-electron chi connectivity index (χ3n) is 5.37. The minimum absolute atomic E-state index is 0.0957. The summed E-state index contributed by atoms with van der Waals surface area (Å²) >= 11 is 0. The molecule has 0 amide bonds. The third kappa shape index (κ3) is 2.48. The van der Waals surface area contributed by atoms with Crippen LogP contribution in [0.15, 0.2) is 48.5 Å². The Morgan fingerprint density at radius 2 is 1.78 bits per heavy atom. The molecule has 2 heterocycles. The van der Waals surface area contributed by atoms with E-state index < -0.39 is 34.8 Å². The van der Waals surface area contributed by atoms with E-state index in [2.05, 4.69) is 0 Å². The maximum absolute atomic E-state index is 12.9. The molecule has 1 spiro atoms. The summed E-state index contributed by atoms with van der Waals surface area (Å²) in [5, 5.41) is 30.1. The van der Waals surface area contributed by atoms with Crippen molar-refractivity contribution < 1.29 is 43.9 Å². The number of hydrogen-bond acceptors (Lipinski definition) is 8. The van der Waals surface area contributed by atoms with Crippen LogP contribution in [0.5, 0.6) is 28.7 Å². The van der Waals surface area contributed by atoms with E-state index in [0.29, 0.717) is 5.56 Å². The molecule has 0 aliphatic carbocycles. The lowest BCUT2D eigenvalue weighted by atomic mass is 9.76. The topological polar surface area (TPSA) is 140 Å². The summed E-state index contributed by atoms with van der Waals surface area (Å²) in [7, 11) is 0. The molecule has 2 aliphatic heterocycles. The summed E-state index contributed by atoms with van der Waals surface area (Å²) in [5.41, 5.74) is -1.52. The molecule has 9 nitrogen and oxygen atoms in total. The molecule has 3 aromatic rings. The molecule has 0 aromatic heterocycles. The van der Waals surface area contributed by atoms with Gasteiger partial charge in [-0.2, -0.15) is 0 Å².